The number of piperidine rings is 1. The standard InChI is InChI=1S/C25H28N2O3/c28-18-19-11-13-27(14-12-19)15-16-30-24-8-3-21(4-9-24)25-10-5-22(17-26-25)20-1-6-23(29)7-2-20/h1-10,17,19,28-29H,11-16,18H2. The van der Waals surface area contributed by atoms with E-state index in [1.807, 2.05) is 54.7 Å². The van der Waals surface area contributed by atoms with Crippen molar-refractivity contribution >= 4 is 0 Å². The summed E-state index contributed by atoms with van der Waals surface area (Å²) in [4.78, 5) is 6.99. The van der Waals surface area contributed by atoms with Gasteiger partial charge in [0.05, 0.1) is 5.69 Å². The first-order valence-corrected chi connectivity index (χ1v) is 10.5. The van der Waals surface area contributed by atoms with Crippen molar-refractivity contribution in [2.75, 3.05) is 32.8 Å². The molecule has 1 saturated heterocycles. The molecule has 1 fully saturated rings. The van der Waals surface area contributed by atoms with Gasteiger partial charge in [-0.25, -0.2) is 0 Å². The van der Waals surface area contributed by atoms with Gasteiger partial charge in [-0.1, -0.05) is 18.2 Å². The summed E-state index contributed by atoms with van der Waals surface area (Å²) in [7, 11) is 0. The number of hydrogen-bond acceptors (Lipinski definition) is 5. The molecule has 1 aliphatic heterocycles. The first-order valence-electron chi connectivity index (χ1n) is 10.5. The molecular formula is C25H28N2O3. The summed E-state index contributed by atoms with van der Waals surface area (Å²) in [6.45, 7) is 3.98. The predicted octanol–water partition coefficient (Wildman–Crippen LogP) is 4.20. The summed E-state index contributed by atoms with van der Waals surface area (Å²) >= 11 is 0. The minimum atomic E-state index is 0.261. The molecule has 0 atom stereocenters. The summed E-state index contributed by atoms with van der Waals surface area (Å²) in [5.74, 6) is 1.60. The lowest BCUT2D eigenvalue weighted by molar-refractivity contribution is 0.119. The summed E-state index contributed by atoms with van der Waals surface area (Å²) in [5, 5.41) is 18.6. The Hall–Kier alpha value is -2.89. The van der Waals surface area contributed by atoms with Crippen LogP contribution in [0.1, 0.15) is 12.8 Å². The van der Waals surface area contributed by atoms with Gasteiger partial charge in [-0.3, -0.25) is 9.88 Å². The van der Waals surface area contributed by atoms with Crippen molar-refractivity contribution in [1.29, 1.82) is 0 Å². The summed E-state index contributed by atoms with van der Waals surface area (Å²) in [5.41, 5.74) is 4.00. The first-order chi connectivity index (χ1) is 14.7. The highest BCUT2D eigenvalue weighted by Gasteiger charge is 2.17. The van der Waals surface area contributed by atoms with Crippen LogP contribution in [0.2, 0.25) is 0 Å². The molecule has 5 nitrogen and oxygen atoms in total. The highest BCUT2D eigenvalue weighted by molar-refractivity contribution is 5.67. The number of nitrogens with zero attached hydrogens (tertiary/aromatic N) is 2. The predicted molar refractivity (Wildman–Crippen MR) is 119 cm³/mol. The largest absolute Gasteiger partial charge is 0.508 e. The maximum atomic E-state index is 9.42. The fourth-order valence-corrected chi connectivity index (χ4v) is 3.80. The summed E-state index contributed by atoms with van der Waals surface area (Å²) < 4.78 is 5.91. The van der Waals surface area contributed by atoms with Crippen molar-refractivity contribution in [2.24, 2.45) is 5.92 Å². The molecule has 0 radical (unpaired) electrons. The Bertz CT molecular complexity index is 916. The van der Waals surface area contributed by atoms with Gasteiger partial charge < -0.3 is 14.9 Å². The average Bonchev–Trinajstić information content (AvgIpc) is 2.81. The van der Waals surface area contributed by atoms with Crippen LogP contribution >= 0.6 is 0 Å². The molecule has 0 bridgehead atoms. The van der Waals surface area contributed by atoms with E-state index in [0.717, 1.165) is 60.6 Å². The molecule has 5 heteroatoms. The number of phenolic OH excluding ortho intramolecular Hbond substituents is 1. The van der Waals surface area contributed by atoms with Gasteiger partial charge in [0.2, 0.25) is 0 Å². The third-order valence-corrected chi connectivity index (χ3v) is 5.76. The lowest BCUT2D eigenvalue weighted by atomic mass is 9.98. The topological polar surface area (TPSA) is 65.8 Å². The van der Waals surface area contributed by atoms with E-state index < -0.39 is 0 Å². The number of pyridine rings is 1. The quantitative estimate of drug-likeness (QED) is 0.618. The zero-order chi connectivity index (χ0) is 20.8. The molecule has 1 aromatic heterocycles. The van der Waals surface area contributed by atoms with Gasteiger partial charge in [-0.15, -0.1) is 0 Å². The van der Waals surface area contributed by atoms with Crippen LogP contribution in [0.25, 0.3) is 22.4 Å². The number of ether oxygens (including phenoxy) is 1. The number of benzene rings is 2. The van der Waals surface area contributed by atoms with E-state index in [1.165, 1.54) is 0 Å². The maximum absolute atomic E-state index is 9.42. The Morgan fingerprint density at radius 2 is 1.53 bits per heavy atom. The van der Waals surface area contributed by atoms with Crippen LogP contribution in [0.4, 0.5) is 0 Å². The molecule has 156 valence electrons. The molecule has 0 unspecified atom stereocenters. The minimum absolute atomic E-state index is 0.261. The lowest BCUT2D eigenvalue weighted by Gasteiger charge is -2.30. The normalized spacial score (nSPS) is 15.2. The van der Waals surface area contributed by atoms with Crippen LogP contribution in [-0.2, 0) is 0 Å². The zero-order valence-corrected chi connectivity index (χ0v) is 17.1. The fourth-order valence-electron chi connectivity index (χ4n) is 3.80. The molecule has 0 saturated carbocycles. The van der Waals surface area contributed by atoms with Gasteiger partial charge in [-0.05, 0) is 79.9 Å². The molecule has 0 spiro atoms. The van der Waals surface area contributed by atoms with Crippen LogP contribution < -0.4 is 4.74 Å². The van der Waals surface area contributed by atoms with Gasteiger partial charge >= 0.3 is 0 Å². The van der Waals surface area contributed by atoms with E-state index in [2.05, 4.69) is 9.88 Å². The molecule has 3 aromatic rings. The third kappa shape index (κ3) is 5.17. The molecule has 2 heterocycles. The number of likely N-dealkylation sites (tertiary alicyclic amines) is 1. The highest BCUT2D eigenvalue weighted by Crippen LogP contribution is 2.25. The van der Waals surface area contributed by atoms with Crippen molar-refractivity contribution in [2.45, 2.75) is 12.8 Å². The maximum Gasteiger partial charge on any atom is 0.119 e. The van der Waals surface area contributed by atoms with E-state index in [1.54, 1.807) is 12.1 Å². The molecule has 2 N–H and O–H groups in total. The number of hydrogen-bond donors (Lipinski definition) is 2. The molecule has 0 aliphatic carbocycles. The fraction of sp³-hybridized carbons (Fsp3) is 0.320. The smallest absolute Gasteiger partial charge is 0.119 e. The number of aliphatic hydroxyl groups excluding tert-OH is 1. The monoisotopic (exact) mass is 404 g/mol. The van der Waals surface area contributed by atoms with Gasteiger partial charge in [-0.2, -0.15) is 0 Å². The Balaban J connectivity index is 1.29. The molecule has 30 heavy (non-hydrogen) atoms. The highest BCUT2D eigenvalue weighted by atomic mass is 16.5. The van der Waals surface area contributed by atoms with Crippen LogP contribution in [0.5, 0.6) is 11.5 Å². The van der Waals surface area contributed by atoms with E-state index in [-0.39, 0.29) is 5.75 Å². The molecule has 1 aliphatic rings. The van der Waals surface area contributed by atoms with Crippen LogP contribution in [0, 0.1) is 5.92 Å². The molecular weight excluding hydrogens is 376 g/mol. The third-order valence-electron chi connectivity index (χ3n) is 5.76. The Labute approximate surface area is 177 Å². The lowest BCUT2D eigenvalue weighted by Crippen LogP contribution is -2.37. The van der Waals surface area contributed by atoms with Crippen LogP contribution in [0.3, 0.4) is 0 Å². The molecule has 2 aromatic carbocycles. The second-order valence-corrected chi connectivity index (χ2v) is 7.82. The van der Waals surface area contributed by atoms with E-state index >= 15 is 0 Å². The second kappa shape index (κ2) is 9.74. The van der Waals surface area contributed by atoms with Crippen molar-refractivity contribution in [1.82, 2.24) is 9.88 Å². The van der Waals surface area contributed by atoms with Gasteiger partial charge in [0, 0.05) is 30.5 Å². The summed E-state index contributed by atoms with van der Waals surface area (Å²) in [6.07, 6.45) is 4.00. The van der Waals surface area contributed by atoms with Crippen LogP contribution in [0.15, 0.2) is 66.9 Å². The second-order valence-electron chi connectivity index (χ2n) is 7.82. The number of rotatable bonds is 7. The van der Waals surface area contributed by atoms with E-state index in [4.69, 9.17) is 4.74 Å². The number of aromatic nitrogens is 1. The van der Waals surface area contributed by atoms with Gasteiger partial charge in [0.1, 0.15) is 18.1 Å². The zero-order valence-electron chi connectivity index (χ0n) is 17.1. The Morgan fingerprint density at radius 1 is 0.867 bits per heavy atom. The Morgan fingerprint density at radius 3 is 2.17 bits per heavy atom. The summed E-state index contributed by atoms with van der Waals surface area (Å²) in [6, 6.07) is 19.2. The molecule has 4 rings (SSSR count). The van der Waals surface area contributed by atoms with Gasteiger partial charge in [0.25, 0.3) is 0 Å². The van der Waals surface area contributed by atoms with Crippen molar-refractivity contribution in [3.63, 3.8) is 0 Å². The Kier molecular flexibility index (Phi) is 6.62. The van der Waals surface area contributed by atoms with Crippen LogP contribution in [-0.4, -0.2) is 52.9 Å². The molecule has 0 amide bonds. The van der Waals surface area contributed by atoms with Gasteiger partial charge in [0.15, 0.2) is 0 Å². The SMILES string of the molecule is OCC1CCN(CCOc2ccc(-c3ccc(-c4ccc(O)cc4)cn3)cc2)CC1. The average molecular weight is 405 g/mol. The minimum Gasteiger partial charge on any atom is -0.508 e. The number of aliphatic hydroxyl groups is 1. The number of aromatic hydroxyl groups is 1. The van der Waals surface area contributed by atoms with Crippen molar-refractivity contribution in [3.05, 3.63) is 66.9 Å². The van der Waals surface area contributed by atoms with Crippen molar-refractivity contribution < 1.29 is 14.9 Å². The van der Waals surface area contributed by atoms with E-state index in [9.17, 15) is 10.2 Å². The first kappa shape index (κ1) is 20.4. The number of phenols is 1. The van der Waals surface area contributed by atoms with E-state index in [0.29, 0.717) is 19.1 Å². The van der Waals surface area contributed by atoms with Crippen molar-refractivity contribution in [3.8, 4) is 33.9 Å².